The maximum absolute atomic E-state index is 12.1. The third kappa shape index (κ3) is 4.80. The number of amides is 1. The molecule has 1 saturated heterocycles. The molecule has 7 heteroatoms. The molecule has 1 aromatic rings. The second kappa shape index (κ2) is 8.59. The Bertz CT molecular complexity index is 392. The van der Waals surface area contributed by atoms with Crippen molar-refractivity contribution in [1.82, 2.24) is 15.2 Å². The first-order chi connectivity index (χ1) is 8.20. The molecule has 0 aromatic carbocycles. The average Bonchev–Trinajstić information content (AvgIpc) is 2.39. The van der Waals surface area contributed by atoms with Crippen molar-refractivity contribution in [2.75, 3.05) is 20.1 Å². The van der Waals surface area contributed by atoms with E-state index in [1.165, 1.54) is 6.20 Å². The highest BCUT2D eigenvalue weighted by molar-refractivity contribution is 6.30. The van der Waals surface area contributed by atoms with E-state index in [2.05, 4.69) is 10.3 Å². The second-order valence-corrected chi connectivity index (χ2v) is 4.65. The molecular weight excluding hydrogens is 309 g/mol. The van der Waals surface area contributed by atoms with Crippen molar-refractivity contribution < 1.29 is 4.79 Å². The van der Waals surface area contributed by atoms with E-state index in [1.807, 2.05) is 11.9 Å². The molecule has 2 heterocycles. The Morgan fingerprint density at radius 2 is 2.00 bits per heavy atom. The van der Waals surface area contributed by atoms with Crippen molar-refractivity contribution >= 4 is 42.3 Å². The zero-order chi connectivity index (χ0) is 12.3. The molecule has 1 aromatic heterocycles. The molecule has 4 nitrogen and oxygen atoms in total. The molecule has 0 bridgehead atoms. The number of nitrogens with one attached hydrogen (secondary N) is 1. The summed E-state index contributed by atoms with van der Waals surface area (Å²) in [6.07, 6.45) is 3.50. The van der Waals surface area contributed by atoms with E-state index in [4.69, 9.17) is 11.6 Å². The van der Waals surface area contributed by atoms with Gasteiger partial charge in [-0.2, -0.15) is 0 Å². The maximum atomic E-state index is 12.1. The molecule has 0 radical (unpaired) electrons. The monoisotopic (exact) mass is 325 g/mol. The van der Waals surface area contributed by atoms with Crippen molar-refractivity contribution in [2.24, 2.45) is 0 Å². The van der Waals surface area contributed by atoms with Gasteiger partial charge < -0.3 is 10.2 Å². The standard InChI is InChI=1S/C12H16ClN3O.2ClH/c1-14-10-4-6-16(7-5-10)12(17)11-3-2-9(13)8-15-11;;/h2-3,8,10,14H,4-7H2,1H3;2*1H. The summed E-state index contributed by atoms with van der Waals surface area (Å²) < 4.78 is 0. The first-order valence-corrected chi connectivity index (χ1v) is 6.16. The third-order valence-electron chi connectivity index (χ3n) is 3.14. The average molecular weight is 327 g/mol. The van der Waals surface area contributed by atoms with E-state index in [0.29, 0.717) is 16.8 Å². The van der Waals surface area contributed by atoms with Crippen LogP contribution in [0.15, 0.2) is 18.3 Å². The van der Waals surface area contributed by atoms with Gasteiger partial charge >= 0.3 is 0 Å². The zero-order valence-corrected chi connectivity index (χ0v) is 13.0. The summed E-state index contributed by atoms with van der Waals surface area (Å²) in [6, 6.07) is 3.90. The summed E-state index contributed by atoms with van der Waals surface area (Å²) in [7, 11) is 1.96. The zero-order valence-electron chi connectivity index (χ0n) is 10.6. The van der Waals surface area contributed by atoms with Crippen molar-refractivity contribution in [2.45, 2.75) is 18.9 Å². The summed E-state index contributed by atoms with van der Waals surface area (Å²) in [5.74, 6) is -0.00350. The molecule has 0 atom stereocenters. The minimum Gasteiger partial charge on any atom is -0.337 e. The van der Waals surface area contributed by atoms with Crippen LogP contribution in [0, 0.1) is 0 Å². The molecule has 1 fully saturated rings. The lowest BCUT2D eigenvalue weighted by Gasteiger charge is -2.31. The highest BCUT2D eigenvalue weighted by atomic mass is 35.5. The van der Waals surface area contributed by atoms with Gasteiger partial charge in [-0.1, -0.05) is 11.6 Å². The summed E-state index contributed by atoms with van der Waals surface area (Å²) >= 11 is 5.74. The summed E-state index contributed by atoms with van der Waals surface area (Å²) in [5, 5.41) is 3.79. The number of likely N-dealkylation sites (tertiary alicyclic amines) is 1. The van der Waals surface area contributed by atoms with E-state index in [-0.39, 0.29) is 30.7 Å². The van der Waals surface area contributed by atoms with Gasteiger partial charge in [-0.05, 0) is 32.0 Å². The van der Waals surface area contributed by atoms with Crippen molar-refractivity contribution in [3.8, 4) is 0 Å². The van der Waals surface area contributed by atoms with E-state index in [1.54, 1.807) is 12.1 Å². The molecule has 108 valence electrons. The topological polar surface area (TPSA) is 45.2 Å². The van der Waals surface area contributed by atoms with E-state index in [9.17, 15) is 4.79 Å². The number of nitrogens with zero attached hydrogens (tertiary/aromatic N) is 2. The fourth-order valence-electron chi connectivity index (χ4n) is 2.04. The van der Waals surface area contributed by atoms with Gasteiger partial charge in [-0.25, -0.2) is 4.98 Å². The number of carbonyl (C=O) groups excluding carboxylic acids is 1. The van der Waals surface area contributed by atoms with Gasteiger partial charge in [0.15, 0.2) is 0 Å². The maximum Gasteiger partial charge on any atom is 0.272 e. The number of rotatable bonds is 2. The lowest BCUT2D eigenvalue weighted by atomic mass is 10.1. The quantitative estimate of drug-likeness (QED) is 0.908. The van der Waals surface area contributed by atoms with Gasteiger partial charge in [0.25, 0.3) is 5.91 Å². The van der Waals surface area contributed by atoms with Gasteiger partial charge in [0, 0.05) is 25.3 Å². The molecule has 0 aliphatic carbocycles. The number of hydrogen-bond donors (Lipinski definition) is 1. The number of piperidine rings is 1. The van der Waals surface area contributed by atoms with Gasteiger partial charge in [-0.3, -0.25) is 4.79 Å². The van der Waals surface area contributed by atoms with Crippen LogP contribution in [0.4, 0.5) is 0 Å². The van der Waals surface area contributed by atoms with Crippen LogP contribution in [-0.4, -0.2) is 42.0 Å². The Morgan fingerprint density at radius 1 is 1.37 bits per heavy atom. The van der Waals surface area contributed by atoms with Crippen LogP contribution >= 0.6 is 36.4 Å². The van der Waals surface area contributed by atoms with Gasteiger partial charge in [0.1, 0.15) is 5.69 Å². The van der Waals surface area contributed by atoms with Crippen LogP contribution in [0.25, 0.3) is 0 Å². The molecule has 1 aliphatic heterocycles. The van der Waals surface area contributed by atoms with E-state index < -0.39 is 0 Å². The fraction of sp³-hybridized carbons (Fsp3) is 0.500. The summed E-state index contributed by atoms with van der Waals surface area (Å²) in [6.45, 7) is 1.57. The molecule has 1 N–H and O–H groups in total. The lowest BCUT2D eigenvalue weighted by molar-refractivity contribution is 0.0701. The normalized spacial score (nSPS) is 15.4. The Labute approximate surface area is 130 Å². The predicted octanol–water partition coefficient (Wildman–Crippen LogP) is 2.40. The van der Waals surface area contributed by atoms with Crippen molar-refractivity contribution in [3.63, 3.8) is 0 Å². The Hall–Kier alpha value is -0.550. The molecule has 2 rings (SSSR count). The third-order valence-corrected chi connectivity index (χ3v) is 3.36. The molecule has 1 aliphatic rings. The van der Waals surface area contributed by atoms with Crippen LogP contribution in [0.1, 0.15) is 23.3 Å². The largest absolute Gasteiger partial charge is 0.337 e. The number of aromatic nitrogens is 1. The number of halogens is 3. The van der Waals surface area contributed by atoms with Gasteiger partial charge in [0.2, 0.25) is 0 Å². The minimum atomic E-state index is -0.00350. The van der Waals surface area contributed by atoms with Crippen LogP contribution in [-0.2, 0) is 0 Å². The minimum absolute atomic E-state index is 0. The number of hydrogen-bond acceptors (Lipinski definition) is 3. The summed E-state index contributed by atoms with van der Waals surface area (Å²) in [5.41, 5.74) is 0.470. The van der Waals surface area contributed by atoms with Crippen molar-refractivity contribution in [3.05, 3.63) is 29.0 Å². The van der Waals surface area contributed by atoms with Crippen molar-refractivity contribution in [1.29, 1.82) is 0 Å². The SMILES string of the molecule is CNC1CCN(C(=O)c2ccc(Cl)cn2)CC1.Cl.Cl. The van der Waals surface area contributed by atoms with Gasteiger partial charge in [-0.15, -0.1) is 24.8 Å². The van der Waals surface area contributed by atoms with E-state index in [0.717, 1.165) is 25.9 Å². The van der Waals surface area contributed by atoms with Crippen LogP contribution in [0.3, 0.4) is 0 Å². The van der Waals surface area contributed by atoms with Crippen LogP contribution in [0.5, 0.6) is 0 Å². The highest BCUT2D eigenvalue weighted by Gasteiger charge is 2.23. The van der Waals surface area contributed by atoms with Crippen LogP contribution < -0.4 is 5.32 Å². The molecule has 1 amide bonds. The number of pyridine rings is 1. The molecular formula is C12H18Cl3N3O. The molecule has 0 unspecified atom stereocenters. The molecule has 19 heavy (non-hydrogen) atoms. The smallest absolute Gasteiger partial charge is 0.272 e. The lowest BCUT2D eigenvalue weighted by Crippen LogP contribution is -2.44. The first-order valence-electron chi connectivity index (χ1n) is 5.79. The summed E-state index contributed by atoms with van der Waals surface area (Å²) in [4.78, 5) is 18.0. The van der Waals surface area contributed by atoms with E-state index >= 15 is 0 Å². The second-order valence-electron chi connectivity index (χ2n) is 4.22. The molecule has 0 spiro atoms. The predicted molar refractivity (Wildman–Crippen MR) is 81.7 cm³/mol. The van der Waals surface area contributed by atoms with Gasteiger partial charge in [0.05, 0.1) is 5.02 Å². The number of carbonyl (C=O) groups is 1. The fourth-order valence-corrected chi connectivity index (χ4v) is 2.15. The Morgan fingerprint density at radius 3 is 2.47 bits per heavy atom. The molecule has 0 saturated carbocycles. The highest BCUT2D eigenvalue weighted by Crippen LogP contribution is 2.14. The van der Waals surface area contributed by atoms with Crippen LogP contribution in [0.2, 0.25) is 5.02 Å². The Balaban J connectivity index is 0.00000162. The first kappa shape index (κ1) is 18.4. The Kier molecular flexibility index (Phi) is 8.34.